The van der Waals surface area contributed by atoms with Gasteiger partial charge in [-0.15, -0.1) is 11.6 Å². The van der Waals surface area contributed by atoms with Crippen LogP contribution in [0.25, 0.3) is 11.3 Å². The van der Waals surface area contributed by atoms with Gasteiger partial charge in [-0.05, 0) is 24.3 Å². The Labute approximate surface area is 127 Å². The van der Waals surface area contributed by atoms with E-state index in [1.165, 1.54) is 0 Å². The summed E-state index contributed by atoms with van der Waals surface area (Å²) in [5, 5.41) is 3.97. The highest BCUT2D eigenvalue weighted by atomic mass is 35.5. The Hall–Kier alpha value is -2.27. The molecule has 2 aromatic heterocycles. The van der Waals surface area contributed by atoms with E-state index in [9.17, 15) is 0 Å². The molecule has 3 aromatic rings. The fourth-order valence-electron chi connectivity index (χ4n) is 1.92. The first-order valence-corrected chi connectivity index (χ1v) is 7.00. The molecule has 0 aliphatic carbocycles. The van der Waals surface area contributed by atoms with Crippen molar-refractivity contribution in [2.45, 2.75) is 12.5 Å². The third-order valence-electron chi connectivity index (χ3n) is 3.13. The second kappa shape index (κ2) is 6.01. The summed E-state index contributed by atoms with van der Waals surface area (Å²) in [6.45, 7) is 0.434. The molecule has 0 fully saturated rings. The number of benzene rings is 1. The predicted octanol–water partition coefficient (Wildman–Crippen LogP) is 3.39. The summed E-state index contributed by atoms with van der Waals surface area (Å²) in [4.78, 5) is 4.21. The molecule has 0 N–H and O–H groups in total. The highest BCUT2D eigenvalue weighted by Gasteiger charge is 2.06. The number of hydrogen-bond donors (Lipinski definition) is 0. The fourth-order valence-corrected chi connectivity index (χ4v) is 2.04. The van der Waals surface area contributed by atoms with Gasteiger partial charge in [-0.3, -0.25) is 0 Å². The maximum Gasteiger partial charge on any atom is 0.152 e. The molecule has 0 unspecified atom stereocenters. The van der Waals surface area contributed by atoms with Crippen LogP contribution in [-0.4, -0.2) is 14.7 Å². The van der Waals surface area contributed by atoms with E-state index < -0.39 is 0 Å². The average molecular weight is 304 g/mol. The van der Waals surface area contributed by atoms with Crippen LogP contribution < -0.4 is 4.74 Å². The molecule has 108 valence electrons. The zero-order chi connectivity index (χ0) is 14.7. The Morgan fingerprint density at radius 1 is 1.29 bits per heavy atom. The summed E-state index contributed by atoms with van der Waals surface area (Å²) >= 11 is 5.69. The second-order valence-corrected chi connectivity index (χ2v) is 4.85. The Balaban J connectivity index is 1.68. The van der Waals surface area contributed by atoms with Gasteiger partial charge in [0.2, 0.25) is 0 Å². The van der Waals surface area contributed by atoms with Gasteiger partial charge in [0.25, 0.3) is 0 Å². The molecule has 0 saturated heterocycles. The number of hydrogen-bond acceptors (Lipinski definition) is 4. The van der Waals surface area contributed by atoms with E-state index in [1.54, 1.807) is 6.20 Å². The number of ether oxygens (including phenoxy) is 1. The minimum Gasteiger partial charge on any atom is -0.486 e. The first kappa shape index (κ1) is 13.7. The van der Waals surface area contributed by atoms with Crippen molar-refractivity contribution >= 4 is 11.6 Å². The number of nitrogens with zero attached hydrogens (tertiary/aromatic N) is 3. The molecule has 0 atom stereocenters. The summed E-state index contributed by atoms with van der Waals surface area (Å²) in [5.41, 5.74) is 1.72. The van der Waals surface area contributed by atoms with Gasteiger partial charge in [0.1, 0.15) is 23.9 Å². The van der Waals surface area contributed by atoms with Crippen LogP contribution in [0.3, 0.4) is 0 Å². The Kier molecular flexibility index (Phi) is 3.92. The third-order valence-corrected chi connectivity index (χ3v) is 3.39. The number of aryl methyl sites for hydroxylation is 1. The smallest absolute Gasteiger partial charge is 0.152 e. The van der Waals surface area contributed by atoms with E-state index in [0.29, 0.717) is 18.2 Å². The SMILES string of the molecule is Cn1ccnc1COc1ccc(-c2cc(CCl)on2)cc1. The third kappa shape index (κ3) is 3.08. The van der Waals surface area contributed by atoms with Gasteiger partial charge in [0, 0.05) is 31.1 Å². The van der Waals surface area contributed by atoms with Crippen molar-refractivity contribution in [1.29, 1.82) is 0 Å². The maximum absolute atomic E-state index is 5.70. The lowest BCUT2D eigenvalue weighted by Gasteiger charge is -2.06. The van der Waals surface area contributed by atoms with Crippen LogP contribution in [0.5, 0.6) is 5.75 Å². The second-order valence-electron chi connectivity index (χ2n) is 4.58. The van der Waals surface area contributed by atoms with Crippen molar-refractivity contribution in [2.75, 3.05) is 0 Å². The quantitative estimate of drug-likeness (QED) is 0.678. The summed E-state index contributed by atoms with van der Waals surface area (Å²) in [6.07, 6.45) is 3.64. The minimum absolute atomic E-state index is 0.317. The van der Waals surface area contributed by atoms with Gasteiger partial charge >= 0.3 is 0 Å². The number of alkyl halides is 1. The molecule has 6 heteroatoms. The number of imidazole rings is 1. The number of halogens is 1. The van der Waals surface area contributed by atoms with Gasteiger partial charge in [-0.1, -0.05) is 5.16 Å². The lowest BCUT2D eigenvalue weighted by Crippen LogP contribution is -2.02. The highest BCUT2D eigenvalue weighted by molar-refractivity contribution is 6.16. The molecule has 0 saturated carbocycles. The molecule has 0 radical (unpaired) electrons. The van der Waals surface area contributed by atoms with Crippen molar-refractivity contribution in [3.8, 4) is 17.0 Å². The van der Waals surface area contributed by atoms with E-state index in [1.807, 2.05) is 48.1 Å². The van der Waals surface area contributed by atoms with Gasteiger partial charge in [0.15, 0.2) is 5.76 Å². The fraction of sp³-hybridized carbons (Fsp3) is 0.200. The van der Waals surface area contributed by atoms with E-state index >= 15 is 0 Å². The van der Waals surface area contributed by atoms with E-state index in [2.05, 4.69) is 10.1 Å². The van der Waals surface area contributed by atoms with Gasteiger partial charge < -0.3 is 13.8 Å². The van der Waals surface area contributed by atoms with Crippen LogP contribution in [0.4, 0.5) is 0 Å². The van der Waals surface area contributed by atoms with Crippen molar-refractivity contribution in [1.82, 2.24) is 14.7 Å². The first-order chi connectivity index (χ1) is 10.3. The van der Waals surface area contributed by atoms with Gasteiger partial charge in [-0.25, -0.2) is 4.98 Å². The van der Waals surface area contributed by atoms with Crippen molar-refractivity contribution in [3.63, 3.8) is 0 Å². The molecule has 0 aliphatic rings. The van der Waals surface area contributed by atoms with Crippen molar-refractivity contribution < 1.29 is 9.26 Å². The number of rotatable bonds is 5. The number of aromatic nitrogens is 3. The van der Waals surface area contributed by atoms with Crippen LogP contribution in [0.15, 0.2) is 47.2 Å². The van der Waals surface area contributed by atoms with E-state index in [0.717, 1.165) is 22.8 Å². The molecule has 1 aromatic carbocycles. The molecular weight excluding hydrogens is 290 g/mol. The Morgan fingerprint density at radius 3 is 2.71 bits per heavy atom. The lowest BCUT2D eigenvalue weighted by molar-refractivity contribution is 0.292. The maximum atomic E-state index is 5.70. The molecule has 0 bridgehead atoms. The molecule has 0 amide bonds. The molecular formula is C15H14ClN3O2. The standard InChI is InChI=1S/C15H14ClN3O2/c1-19-7-6-17-15(19)10-20-12-4-2-11(3-5-12)14-8-13(9-16)21-18-14/h2-8H,9-10H2,1H3. The van der Waals surface area contributed by atoms with E-state index in [-0.39, 0.29) is 0 Å². The summed E-state index contributed by atoms with van der Waals surface area (Å²) in [6, 6.07) is 9.49. The Morgan fingerprint density at radius 2 is 2.10 bits per heavy atom. The molecule has 21 heavy (non-hydrogen) atoms. The summed E-state index contributed by atoms with van der Waals surface area (Å²) < 4.78 is 12.7. The Bertz CT molecular complexity index is 719. The average Bonchev–Trinajstić information content (AvgIpc) is 3.14. The van der Waals surface area contributed by atoms with Gasteiger partial charge in [-0.2, -0.15) is 0 Å². The van der Waals surface area contributed by atoms with Crippen LogP contribution in [0, 0.1) is 0 Å². The predicted molar refractivity (Wildman–Crippen MR) is 79.0 cm³/mol. The molecule has 3 rings (SSSR count). The topological polar surface area (TPSA) is 53.1 Å². The van der Waals surface area contributed by atoms with Crippen LogP contribution in [0.2, 0.25) is 0 Å². The minimum atomic E-state index is 0.317. The summed E-state index contributed by atoms with van der Waals surface area (Å²) in [7, 11) is 1.94. The monoisotopic (exact) mass is 303 g/mol. The largest absolute Gasteiger partial charge is 0.486 e. The zero-order valence-corrected chi connectivity index (χ0v) is 12.2. The van der Waals surface area contributed by atoms with Crippen molar-refractivity contribution in [2.24, 2.45) is 7.05 Å². The van der Waals surface area contributed by atoms with Crippen LogP contribution in [-0.2, 0) is 19.5 Å². The molecule has 0 aliphatic heterocycles. The first-order valence-electron chi connectivity index (χ1n) is 6.47. The van der Waals surface area contributed by atoms with Crippen LogP contribution >= 0.6 is 11.6 Å². The van der Waals surface area contributed by atoms with Crippen LogP contribution in [0.1, 0.15) is 11.6 Å². The van der Waals surface area contributed by atoms with Gasteiger partial charge in [0.05, 0.1) is 5.88 Å². The normalized spacial score (nSPS) is 10.8. The molecule has 0 spiro atoms. The zero-order valence-electron chi connectivity index (χ0n) is 11.5. The van der Waals surface area contributed by atoms with E-state index in [4.69, 9.17) is 20.9 Å². The summed E-state index contributed by atoms with van der Waals surface area (Å²) in [5.74, 6) is 2.63. The molecule has 5 nitrogen and oxygen atoms in total. The highest BCUT2D eigenvalue weighted by Crippen LogP contribution is 2.23. The molecule has 2 heterocycles. The van der Waals surface area contributed by atoms with Crippen molar-refractivity contribution in [3.05, 3.63) is 54.3 Å². The lowest BCUT2D eigenvalue weighted by atomic mass is 10.1.